The van der Waals surface area contributed by atoms with Crippen molar-refractivity contribution in [2.75, 3.05) is 7.11 Å². The van der Waals surface area contributed by atoms with Crippen molar-refractivity contribution in [3.8, 4) is 5.88 Å². The van der Waals surface area contributed by atoms with Crippen LogP contribution in [0.5, 0.6) is 5.88 Å². The summed E-state index contributed by atoms with van der Waals surface area (Å²) in [4.78, 5) is 13.5. The molecule has 0 N–H and O–H groups in total. The normalized spacial score (nSPS) is 10.4. The van der Waals surface area contributed by atoms with Crippen LogP contribution in [0.15, 0.2) is 22.9 Å². The predicted octanol–water partition coefficient (Wildman–Crippen LogP) is 2.10. The van der Waals surface area contributed by atoms with Gasteiger partial charge in [-0.05, 0) is 22.0 Å². The number of hydrogen-bond acceptors (Lipinski definition) is 4. The standard InChI is InChI=1S/C8H7BrN2O3/c1-14-8-6(2-3-11(12)13)4-7(9)5-10-8/h2-5H,1H3/b3-2+. The fourth-order valence-corrected chi connectivity index (χ4v) is 1.22. The van der Waals surface area contributed by atoms with Crippen LogP contribution in [0.1, 0.15) is 5.56 Å². The number of hydrogen-bond donors (Lipinski definition) is 0. The minimum Gasteiger partial charge on any atom is -0.481 e. The number of pyridine rings is 1. The van der Waals surface area contributed by atoms with Gasteiger partial charge in [0.05, 0.1) is 12.0 Å². The van der Waals surface area contributed by atoms with Gasteiger partial charge in [0.25, 0.3) is 0 Å². The molecule has 0 unspecified atom stereocenters. The third-order valence-corrected chi connectivity index (χ3v) is 1.85. The van der Waals surface area contributed by atoms with E-state index in [0.29, 0.717) is 11.4 Å². The Bertz CT molecular complexity index is 379. The van der Waals surface area contributed by atoms with Crippen molar-refractivity contribution in [1.82, 2.24) is 4.98 Å². The molecule has 0 amide bonds. The quantitative estimate of drug-likeness (QED) is 0.615. The van der Waals surface area contributed by atoms with Gasteiger partial charge >= 0.3 is 0 Å². The zero-order chi connectivity index (χ0) is 10.6. The largest absolute Gasteiger partial charge is 0.481 e. The number of halogens is 1. The van der Waals surface area contributed by atoms with Crippen LogP contribution in [-0.4, -0.2) is 17.0 Å². The molecular formula is C8H7BrN2O3. The average molecular weight is 259 g/mol. The molecular weight excluding hydrogens is 252 g/mol. The van der Waals surface area contributed by atoms with Crippen molar-refractivity contribution < 1.29 is 9.66 Å². The molecule has 0 spiro atoms. The summed E-state index contributed by atoms with van der Waals surface area (Å²) in [6.45, 7) is 0. The number of methoxy groups -OCH3 is 1. The Morgan fingerprint density at radius 2 is 2.43 bits per heavy atom. The summed E-state index contributed by atoms with van der Waals surface area (Å²) in [5.74, 6) is 0.353. The van der Waals surface area contributed by atoms with Gasteiger partial charge in [-0.25, -0.2) is 4.98 Å². The Kier molecular flexibility index (Phi) is 3.58. The first kappa shape index (κ1) is 10.6. The summed E-state index contributed by atoms with van der Waals surface area (Å²) in [7, 11) is 1.46. The van der Waals surface area contributed by atoms with Crippen LogP contribution < -0.4 is 4.74 Å². The highest BCUT2D eigenvalue weighted by atomic mass is 79.9. The van der Waals surface area contributed by atoms with Gasteiger partial charge in [-0.2, -0.15) is 0 Å². The Balaban J connectivity index is 3.04. The SMILES string of the molecule is COc1ncc(Br)cc1/C=C/[N+](=O)[O-]. The van der Waals surface area contributed by atoms with Crippen molar-refractivity contribution in [3.63, 3.8) is 0 Å². The minimum atomic E-state index is -0.541. The monoisotopic (exact) mass is 258 g/mol. The lowest BCUT2D eigenvalue weighted by atomic mass is 10.2. The predicted molar refractivity (Wildman–Crippen MR) is 54.5 cm³/mol. The molecule has 0 fully saturated rings. The maximum Gasteiger partial charge on any atom is 0.235 e. The van der Waals surface area contributed by atoms with Crippen molar-refractivity contribution in [2.45, 2.75) is 0 Å². The van der Waals surface area contributed by atoms with E-state index in [-0.39, 0.29) is 0 Å². The second-order valence-corrected chi connectivity index (χ2v) is 3.27. The van der Waals surface area contributed by atoms with Gasteiger partial charge in [-0.1, -0.05) is 0 Å². The molecule has 0 aliphatic heterocycles. The topological polar surface area (TPSA) is 65.3 Å². The lowest BCUT2D eigenvalue weighted by Gasteiger charge is -2.01. The summed E-state index contributed by atoms with van der Waals surface area (Å²) in [6, 6.07) is 1.69. The highest BCUT2D eigenvalue weighted by molar-refractivity contribution is 9.10. The maximum absolute atomic E-state index is 10.1. The second-order valence-electron chi connectivity index (χ2n) is 2.35. The summed E-state index contributed by atoms with van der Waals surface area (Å²) in [5, 5.41) is 10.1. The van der Waals surface area contributed by atoms with E-state index < -0.39 is 4.92 Å². The van der Waals surface area contributed by atoms with Crippen molar-refractivity contribution in [1.29, 1.82) is 0 Å². The van der Waals surface area contributed by atoms with Crippen LogP contribution in [0.25, 0.3) is 6.08 Å². The molecule has 0 aromatic carbocycles. The molecule has 14 heavy (non-hydrogen) atoms. The molecule has 0 saturated carbocycles. The average Bonchev–Trinajstić information content (AvgIpc) is 2.15. The van der Waals surface area contributed by atoms with Crippen LogP contribution in [-0.2, 0) is 0 Å². The third kappa shape index (κ3) is 2.81. The van der Waals surface area contributed by atoms with E-state index in [0.717, 1.165) is 10.7 Å². The Hall–Kier alpha value is -1.43. The third-order valence-electron chi connectivity index (χ3n) is 1.41. The molecule has 0 aliphatic carbocycles. The molecule has 1 aromatic heterocycles. The van der Waals surface area contributed by atoms with Gasteiger partial charge < -0.3 is 4.74 Å². The van der Waals surface area contributed by atoms with Crippen molar-refractivity contribution in [2.24, 2.45) is 0 Å². The molecule has 0 atom stereocenters. The molecule has 1 heterocycles. The smallest absolute Gasteiger partial charge is 0.235 e. The van der Waals surface area contributed by atoms with Gasteiger partial charge in [-0.15, -0.1) is 0 Å². The Labute approximate surface area is 88.7 Å². The van der Waals surface area contributed by atoms with E-state index in [1.165, 1.54) is 13.2 Å². The summed E-state index contributed by atoms with van der Waals surface area (Å²) >= 11 is 3.21. The number of aromatic nitrogens is 1. The van der Waals surface area contributed by atoms with Crippen LogP contribution in [0.2, 0.25) is 0 Å². The molecule has 6 heteroatoms. The highest BCUT2D eigenvalue weighted by Gasteiger charge is 2.02. The van der Waals surface area contributed by atoms with E-state index in [9.17, 15) is 10.1 Å². The van der Waals surface area contributed by atoms with Gasteiger partial charge in [0.1, 0.15) is 0 Å². The highest BCUT2D eigenvalue weighted by Crippen LogP contribution is 2.20. The molecule has 1 aromatic rings. The Morgan fingerprint density at radius 1 is 1.71 bits per heavy atom. The molecule has 0 saturated heterocycles. The van der Waals surface area contributed by atoms with Crippen LogP contribution >= 0.6 is 15.9 Å². The zero-order valence-corrected chi connectivity index (χ0v) is 8.89. The summed E-state index contributed by atoms with van der Waals surface area (Å²) in [6.07, 6.45) is 3.73. The summed E-state index contributed by atoms with van der Waals surface area (Å²) < 4.78 is 5.66. The first-order chi connectivity index (χ1) is 6.63. The zero-order valence-electron chi connectivity index (χ0n) is 7.31. The van der Waals surface area contributed by atoms with Gasteiger partial charge in [-0.3, -0.25) is 10.1 Å². The maximum atomic E-state index is 10.1. The van der Waals surface area contributed by atoms with Crippen molar-refractivity contribution >= 4 is 22.0 Å². The summed E-state index contributed by atoms with van der Waals surface area (Å²) in [5.41, 5.74) is 0.554. The fraction of sp³-hybridized carbons (Fsp3) is 0.125. The van der Waals surface area contributed by atoms with Gasteiger partial charge in [0.15, 0.2) is 0 Å². The van der Waals surface area contributed by atoms with Crippen LogP contribution in [0, 0.1) is 10.1 Å². The second kappa shape index (κ2) is 4.71. The number of rotatable bonds is 3. The molecule has 0 radical (unpaired) electrons. The van der Waals surface area contributed by atoms with Crippen LogP contribution in [0.3, 0.4) is 0 Å². The molecule has 5 nitrogen and oxygen atoms in total. The number of nitrogens with zero attached hydrogens (tertiary/aromatic N) is 2. The number of ether oxygens (including phenoxy) is 1. The van der Waals surface area contributed by atoms with E-state index in [1.54, 1.807) is 12.3 Å². The Morgan fingerprint density at radius 3 is 3.00 bits per heavy atom. The number of nitro groups is 1. The lowest BCUT2D eigenvalue weighted by molar-refractivity contribution is -0.400. The first-order valence-electron chi connectivity index (χ1n) is 3.64. The van der Waals surface area contributed by atoms with Gasteiger partial charge in [0.2, 0.25) is 12.1 Å². The van der Waals surface area contributed by atoms with E-state index >= 15 is 0 Å². The molecule has 0 aliphatic rings. The first-order valence-corrected chi connectivity index (χ1v) is 4.44. The minimum absolute atomic E-state index is 0.353. The van der Waals surface area contributed by atoms with E-state index in [4.69, 9.17) is 4.74 Å². The molecule has 74 valence electrons. The van der Waals surface area contributed by atoms with Crippen molar-refractivity contribution in [3.05, 3.63) is 38.6 Å². The van der Waals surface area contributed by atoms with Crippen LogP contribution in [0.4, 0.5) is 0 Å². The van der Waals surface area contributed by atoms with E-state index in [2.05, 4.69) is 20.9 Å². The fourth-order valence-electron chi connectivity index (χ4n) is 0.874. The van der Waals surface area contributed by atoms with Gasteiger partial charge in [0, 0.05) is 22.3 Å². The molecule has 0 bridgehead atoms. The van der Waals surface area contributed by atoms with E-state index in [1.807, 2.05) is 0 Å². The molecule has 1 rings (SSSR count). The lowest BCUT2D eigenvalue weighted by Crippen LogP contribution is -1.91.